The van der Waals surface area contributed by atoms with Crippen LogP contribution in [0.5, 0.6) is 0 Å². The van der Waals surface area contributed by atoms with Crippen LogP contribution in [0.2, 0.25) is 0 Å². The van der Waals surface area contributed by atoms with E-state index >= 15 is 0 Å². The van der Waals surface area contributed by atoms with Gasteiger partial charge < -0.3 is 15.2 Å². The van der Waals surface area contributed by atoms with E-state index in [9.17, 15) is 9.59 Å². The summed E-state index contributed by atoms with van der Waals surface area (Å²) >= 11 is 0. The Labute approximate surface area is 125 Å². The minimum atomic E-state index is -1.08. The van der Waals surface area contributed by atoms with Crippen molar-refractivity contribution >= 4 is 17.9 Å². The van der Waals surface area contributed by atoms with Crippen molar-refractivity contribution in [2.75, 3.05) is 12.4 Å². The molecule has 0 saturated carbocycles. The molecule has 2 heterocycles. The molecule has 1 atom stereocenters. The predicted molar refractivity (Wildman–Crippen MR) is 75.3 cm³/mol. The van der Waals surface area contributed by atoms with Crippen molar-refractivity contribution in [1.29, 1.82) is 0 Å². The smallest absolute Gasteiger partial charge is 0.352 e. The highest BCUT2D eigenvalue weighted by Gasteiger charge is 2.25. The van der Waals surface area contributed by atoms with E-state index in [0.717, 1.165) is 5.56 Å². The van der Waals surface area contributed by atoms with E-state index in [1.54, 1.807) is 28.9 Å². The summed E-state index contributed by atoms with van der Waals surface area (Å²) < 4.78 is 6.22. The second-order valence-electron chi connectivity index (χ2n) is 4.60. The van der Waals surface area contributed by atoms with Crippen molar-refractivity contribution in [3.8, 4) is 0 Å². The summed E-state index contributed by atoms with van der Waals surface area (Å²) in [6, 6.07) is 6.27. The molecule has 2 N–H and O–H groups in total. The molecular weight excluding hydrogens is 288 g/mol. The number of nitrogens with one attached hydrogen (secondary N) is 1. The molecule has 1 aromatic heterocycles. The molecule has 0 fully saturated rings. The highest BCUT2D eigenvalue weighted by atomic mass is 16.5. The van der Waals surface area contributed by atoms with Crippen molar-refractivity contribution in [2.45, 2.75) is 6.04 Å². The molecule has 2 aromatic rings. The first-order valence-corrected chi connectivity index (χ1v) is 6.40. The summed E-state index contributed by atoms with van der Waals surface area (Å²) in [5.74, 6) is -1.16. The van der Waals surface area contributed by atoms with Gasteiger partial charge in [0.2, 0.25) is 5.95 Å². The Morgan fingerprint density at radius 2 is 2.05 bits per heavy atom. The molecule has 0 amide bonds. The molecule has 8 nitrogen and oxygen atoms in total. The number of allylic oxidation sites excluding steroid dienone is 1. The van der Waals surface area contributed by atoms with Crippen molar-refractivity contribution in [3.05, 3.63) is 53.5 Å². The quantitative estimate of drug-likeness (QED) is 0.816. The number of ether oxygens (including phenoxy) is 1. The Kier molecular flexibility index (Phi) is 3.34. The third-order valence-corrected chi connectivity index (χ3v) is 3.31. The molecule has 1 unspecified atom stereocenters. The lowest BCUT2D eigenvalue weighted by molar-refractivity contribution is -0.132. The molecule has 1 aliphatic heterocycles. The van der Waals surface area contributed by atoms with Crippen LogP contribution in [0.4, 0.5) is 5.95 Å². The summed E-state index contributed by atoms with van der Waals surface area (Å²) in [5, 5.41) is 16.0. The number of methoxy groups -OCH3 is 1. The van der Waals surface area contributed by atoms with Gasteiger partial charge in [-0.05, 0) is 23.8 Å². The topological polar surface area (TPSA) is 106 Å². The number of hydrogen-bond donors (Lipinski definition) is 2. The standard InChI is InChI=1S/C14H12N4O4/c1-22-13(21)9-4-2-8(3-5-9)11-6-10(12(19)20)17-14-15-7-16-18(11)14/h2-7,11H,1H3,(H,19,20)(H,15,16,17). The largest absolute Gasteiger partial charge is 0.477 e. The van der Waals surface area contributed by atoms with Crippen LogP contribution in [-0.4, -0.2) is 38.9 Å². The second kappa shape index (κ2) is 5.32. The lowest BCUT2D eigenvalue weighted by Gasteiger charge is -2.22. The Morgan fingerprint density at radius 1 is 1.32 bits per heavy atom. The van der Waals surface area contributed by atoms with E-state index in [1.165, 1.54) is 19.5 Å². The van der Waals surface area contributed by atoms with Gasteiger partial charge in [0.25, 0.3) is 0 Å². The fourth-order valence-electron chi connectivity index (χ4n) is 2.23. The molecular formula is C14H12N4O4. The third-order valence-electron chi connectivity index (χ3n) is 3.31. The average Bonchev–Trinajstić information content (AvgIpc) is 3.01. The molecule has 0 spiro atoms. The van der Waals surface area contributed by atoms with Crippen molar-refractivity contribution in [1.82, 2.24) is 14.8 Å². The van der Waals surface area contributed by atoms with Gasteiger partial charge >= 0.3 is 11.9 Å². The van der Waals surface area contributed by atoms with Gasteiger partial charge in [0.15, 0.2) is 0 Å². The second-order valence-corrected chi connectivity index (χ2v) is 4.60. The van der Waals surface area contributed by atoms with Crippen molar-refractivity contribution in [2.24, 2.45) is 0 Å². The van der Waals surface area contributed by atoms with E-state index in [2.05, 4.69) is 20.1 Å². The van der Waals surface area contributed by atoms with Crippen LogP contribution in [0.3, 0.4) is 0 Å². The van der Waals surface area contributed by atoms with E-state index in [4.69, 9.17) is 5.11 Å². The summed E-state index contributed by atoms with van der Waals surface area (Å²) in [6.07, 6.45) is 2.88. The number of anilines is 1. The number of carbonyl (C=O) groups excluding carboxylic acids is 1. The fraction of sp³-hybridized carbons (Fsp3) is 0.143. The predicted octanol–water partition coefficient (Wildman–Crippen LogP) is 1.05. The zero-order chi connectivity index (χ0) is 15.7. The van der Waals surface area contributed by atoms with Gasteiger partial charge in [-0.3, -0.25) is 0 Å². The first kappa shape index (κ1) is 13.8. The van der Waals surface area contributed by atoms with Gasteiger partial charge in [0.1, 0.15) is 18.1 Å². The molecule has 8 heteroatoms. The van der Waals surface area contributed by atoms with E-state index < -0.39 is 18.0 Å². The lowest BCUT2D eigenvalue weighted by Crippen LogP contribution is -2.24. The number of fused-ring (bicyclic) bond motifs is 1. The molecule has 1 aliphatic rings. The lowest BCUT2D eigenvalue weighted by atomic mass is 10.0. The highest BCUT2D eigenvalue weighted by molar-refractivity contribution is 5.90. The Morgan fingerprint density at radius 3 is 2.68 bits per heavy atom. The van der Waals surface area contributed by atoms with Crippen LogP contribution < -0.4 is 5.32 Å². The zero-order valence-corrected chi connectivity index (χ0v) is 11.6. The van der Waals surface area contributed by atoms with Gasteiger partial charge in [-0.25, -0.2) is 14.3 Å². The maximum absolute atomic E-state index is 11.5. The summed E-state index contributed by atoms with van der Waals surface area (Å²) in [6.45, 7) is 0. The normalized spacial score (nSPS) is 16.2. The molecule has 0 saturated heterocycles. The fourth-order valence-corrected chi connectivity index (χ4v) is 2.23. The number of aliphatic carboxylic acids is 1. The number of rotatable bonds is 3. The number of hydrogen-bond acceptors (Lipinski definition) is 6. The average molecular weight is 300 g/mol. The highest BCUT2D eigenvalue weighted by Crippen LogP contribution is 2.28. The number of benzene rings is 1. The molecule has 0 radical (unpaired) electrons. The van der Waals surface area contributed by atoms with Gasteiger partial charge in [-0.1, -0.05) is 12.1 Å². The Balaban J connectivity index is 2.00. The molecule has 1 aromatic carbocycles. The van der Waals surface area contributed by atoms with Crippen LogP contribution in [0, 0.1) is 0 Å². The van der Waals surface area contributed by atoms with Gasteiger partial charge in [-0.2, -0.15) is 10.1 Å². The third kappa shape index (κ3) is 2.30. The summed E-state index contributed by atoms with van der Waals surface area (Å²) in [5.41, 5.74) is 1.23. The molecule has 0 aliphatic carbocycles. The number of carboxylic acids is 1. The summed E-state index contributed by atoms with van der Waals surface area (Å²) in [4.78, 5) is 26.6. The van der Waals surface area contributed by atoms with E-state index in [-0.39, 0.29) is 5.70 Å². The van der Waals surface area contributed by atoms with E-state index in [1.807, 2.05) is 0 Å². The van der Waals surface area contributed by atoms with Crippen LogP contribution in [0.15, 0.2) is 42.4 Å². The zero-order valence-electron chi connectivity index (χ0n) is 11.6. The SMILES string of the molecule is COC(=O)c1ccc(C2C=C(C(=O)O)Nc3ncnn32)cc1. The van der Waals surface area contributed by atoms with Crippen LogP contribution in [0.1, 0.15) is 22.0 Å². The molecule has 112 valence electrons. The van der Waals surface area contributed by atoms with Crippen LogP contribution in [-0.2, 0) is 9.53 Å². The van der Waals surface area contributed by atoms with Crippen molar-refractivity contribution < 1.29 is 19.4 Å². The minimum Gasteiger partial charge on any atom is -0.477 e. The van der Waals surface area contributed by atoms with Gasteiger partial charge in [0, 0.05) is 0 Å². The number of nitrogens with zero attached hydrogens (tertiary/aromatic N) is 3. The first-order valence-electron chi connectivity index (χ1n) is 6.40. The van der Waals surface area contributed by atoms with Crippen molar-refractivity contribution in [3.63, 3.8) is 0 Å². The number of aromatic nitrogens is 3. The van der Waals surface area contributed by atoms with E-state index in [0.29, 0.717) is 11.5 Å². The number of carboxylic acid groups (broad SMARTS) is 1. The maximum Gasteiger partial charge on any atom is 0.352 e. The monoisotopic (exact) mass is 300 g/mol. The number of carbonyl (C=O) groups is 2. The van der Waals surface area contributed by atoms with Crippen LogP contribution >= 0.6 is 0 Å². The molecule has 0 bridgehead atoms. The van der Waals surface area contributed by atoms with Gasteiger partial charge in [-0.15, -0.1) is 0 Å². The molecule has 3 rings (SSSR count). The minimum absolute atomic E-state index is 0.0301. The number of esters is 1. The summed E-state index contributed by atoms with van der Waals surface area (Å²) in [7, 11) is 1.31. The van der Waals surface area contributed by atoms with Gasteiger partial charge in [0.05, 0.1) is 12.7 Å². The van der Waals surface area contributed by atoms with Crippen LogP contribution in [0.25, 0.3) is 0 Å². The maximum atomic E-state index is 11.5. The Bertz CT molecular complexity index is 763. The molecule has 22 heavy (non-hydrogen) atoms. The first-order chi connectivity index (χ1) is 10.6. The Hall–Kier alpha value is -3.16.